The van der Waals surface area contributed by atoms with Gasteiger partial charge in [0.05, 0.1) is 0 Å². The second-order valence-corrected chi connectivity index (χ2v) is 9.13. The molecular weight excluding hydrogens is 432 g/mol. The highest BCUT2D eigenvalue weighted by Gasteiger charge is 2.53. The van der Waals surface area contributed by atoms with Crippen molar-refractivity contribution in [3.63, 3.8) is 0 Å². The molecule has 4 atom stereocenters. The number of phenols is 6. The molecule has 0 heterocycles. The van der Waals surface area contributed by atoms with Crippen LogP contribution in [0.3, 0.4) is 0 Å². The maximum Gasteiger partial charge on any atom is 0.123 e. The summed E-state index contributed by atoms with van der Waals surface area (Å²) >= 11 is 0. The SMILES string of the molecule is Oc1ccc(C2C3c4cc(O)cc(O)c4[C@@H](c4ccc(O)cc4)C2c2cc(O)cc(O)c23)cc1. The maximum atomic E-state index is 11.0. The van der Waals surface area contributed by atoms with E-state index in [1.165, 1.54) is 12.1 Å². The summed E-state index contributed by atoms with van der Waals surface area (Å²) in [5, 5.41) is 62.6. The summed E-state index contributed by atoms with van der Waals surface area (Å²) < 4.78 is 0. The molecule has 0 amide bonds. The van der Waals surface area contributed by atoms with Crippen molar-refractivity contribution >= 4 is 0 Å². The van der Waals surface area contributed by atoms with E-state index in [1.807, 2.05) is 12.1 Å². The first-order valence-electron chi connectivity index (χ1n) is 11.0. The van der Waals surface area contributed by atoms with Crippen LogP contribution in [0.1, 0.15) is 57.1 Å². The van der Waals surface area contributed by atoms with Crippen molar-refractivity contribution in [3.05, 3.63) is 106 Å². The number of hydrogen-bond donors (Lipinski definition) is 6. The highest BCUT2D eigenvalue weighted by Crippen LogP contribution is 2.68. The molecule has 6 N–H and O–H groups in total. The van der Waals surface area contributed by atoms with Crippen LogP contribution < -0.4 is 0 Å². The fourth-order valence-corrected chi connectivity index (χ4v) is 6.15. The van der Waals surface area contributed by atoms with Crippen LogP contribution in [0.15, 0.2) is 72.8 Å². The van der Waals surface area contributed by atoms with Crippen molar-refractivity contribution < 1.29 is 30.6 Å². The standard InChI is InChI=1S/C28H22O6/c29-15-5-1-13(2-6-15)23-25-19(9-17(31)11-21(25)33)28-24(14-3-7-16(30)8-4-14)27(23)20-10-18(32)12-22(34)26(20)28/h1-12,23-24,27-34H/t23-,24?,27?,28?/m1/s1. The van der Waals surface area contributed by atoms with Crippen LogP contribution in [0.5, 0.6) is 34.5 Å². The maximum absolute atomic E-state index is 11.0. The summed E-state index contributed by atoms with van der Waals surface area (Å²) in [5.41, 5.74) is 4.48. The summed E-state index contributed by atoms with van der Waals surface area (Å²) in [4.78, 5) is 0. The predicted octanol–water partition coefficient (Wildman–Crippen LogP) is 5.08. The van der Waals surface area contributed by atoms with Crippen molar-refractivity contribution in [1.29, 1.82) is 0 Å². The molecule has 4 aromatic rings. The highest BCUT2D eigenvalue weighted by atomic mass is 16.3. The van der Waals surface area contributed by atoms with Gasteiger partial charge >= 0.3 is 0 Å². The van der Waals surface area contributed by atoms with Crippen LogP contribution in [0.2, 0.25) is 0 Å². The van der Waals surface area contributed by atoms with Gasteiger partial charge in [0.15, 0.2) is 0 Å². The van der Waals surface area contributed by atoms with Gasteiger partial charge in [-0.15, -0.1) is 0 Å². The van der Waals surface area contributed by atoms with E-state index < -0.39 is 11.8 Å². The van der Waals surface area contributed by atoms with Gasteiger partial charge < -0.3 is 30.6 Å². The van der Waals surface area contributed by atoms with E-state index in [0.29, 0.717) is 16.7 Å². The third-order valence-electron chi connectivity index (χ3n) is 7.30. The molecule has 0 fully saturated rings. The normalized spacial score (nSPS) is 22.2. The first-order chi connectivity index (χ1) is 16.3. The lowest BCUT2D eigenvalue weighted by molar-refractivity contribution is 0.406. The summed E-state index contributed by atoms with van der Waals surface area (Å²) in [6, 6.07) is 19.6. The Bertz CT molecular complexity index is 1430. The van der Waals surface area contributed by atoms with Gasteiger partial charge in [0.2, 0.25) is 0 Å². The van der Waals surface area contributed by atoms with Crippen LogP contribution in [0.4, 0.5) is 0 Å². The molecule has 0 aliphatic heterocycles. The molecule has 6 heteroatoms. The van der Waals surface area contributed by atoms with Crippen LogP contribution in [-0.2, 0) is 0 Å². The van der Waals surface area contributed by atoms with Crippen molar-refractivity contribution in [2.75, 3.05) is 0 Å². The molecule has 3 unspecified atom stereocenters. The zero-order valence-corrected chi connectivity index (χ0v) is 17.9. The van der Waals surface area contributed by atoms with Crippen LogP contribution in [0, 0.1) is 0 Å². The molecule has 6 rings (SSSR count). The largest absolute Gasteiger partial charge is 0.508 e. The molecule has 2 aliphatic rings. The smallest absolute Gasteiger partial charge is 0.123 e. The molecule has 2 aliphatic carbocycles. The zero-order valence-electron chi connectivity index (χ0n) is 17.9. The van der Waals surface area contributed by atoms with E-state index in [0.717, 1.165) is 16.7 Å². The molecule has 170 valence electrons. The molecule has 6 nitrogen and oxygen atoms in total. The fraction of sp³-hybridized carbons (Fsp3) is 0.143. The van der Waals surface area contributed by atoms with E-state index >= 15 is 0 Å². The number of aromatic hydroxyl groups is 6. The van der Waals surface area contributed by atoms with E-state index in [9.17, 15) is 30.6 Å². The second kappa shape index (κ2) is 7.09. The molecule has 0 radical (unpaired) electrons. The first-order valence-corrected chi connectivity index (χ1v) is 11.0. The van der Waals surface area contributed by atoms with Crippen molar-refractivity contribution in [2.24, 2.45) is 0 Å². The molecule has 2 bridgehead atoms. The van der Waals surface area contributed by atoms with Gasteiger partial charge in [-0.05, 0) is 58.7 Å². The van der Waals surface area contributed by atoms with Gasteiger partial charge in [-0.2, -0.15) is 0 Å². The lowest BCUT2D eigenvalue weighted by Crippen LogP contribution is -2.26. The average Bonchev–Trinajstić information content (AvgIpc) is 3.05. The fourth-order valence-electron chi connectivity index (χ4n) is 6.15. The second-order valence-electron chi connectivity index (χ2n) is 9.13. The number of phenolic OH excluding ortho intramolecular Hbond substituents is 6. The van der Waals surface area contributed by atoms with Gasteiger partial charge in [-0.3, -0.25) is 0 Å². The Balaban J connectivity index is 1.72. The van der Waals surface area contributed by atoms with Crippen molar-refractivity contribution in [2.45, 2.75) is 23.7 Å². The van der Waals surface area contributed by atoms with Gasteiger partial charge in [-0.25, -0.2) is 0 Å². The third-order valence-corrected chi connectivity index (χ3v) is 7.30. The highest BCUT2D eigenvalue weighted by molar-refractivity contribution is 5.68. The Kier molecular flexibility index (Phi) is 4.23. The molecule has 0 aromatic heterocycles. The molecule has 0 saturated heterocycles. The number of fused-ring (bicyclic) bond motifs is 7. The summed E-state index contributed by atoms with van der Waals surface area (Å²) in [5.74, 6) is -1.29. The Morgan fingerprint density at radius 2 is 0.882 bits per heavy atom. The zero-order chi connectivity index (χ0) is 23.7. The third kappa shape index (κ3) is 2.81. The van der Waals surface area contributed by atoms with Crippen molar-refractivity contribution in [3.8, 4) is 34.5 Å². The Morgan fingerprint density at radius 1 is 0.412 bits per heavy atom. The molecule has 0 saturated carbocycles. The quantitative estimate of drug-likeness (QED) is 0.251. The van der Waals surface area contributed by atoms with E-state index in [4.69, 9.17) is 0 Å². The van der Waals surface area contributed by atoms with Crippen LogP contribution in [-0.4, -0.2) is 30.6 Å². The topological polar surface area (TPSA) is 121 Å². The van der Waals surface area contributed by atoms with Crippen LogP contribution >= 0.6 is 0 Å². The Hall–Kier alpha value is -4.32. The minimum absolute atomic E-state index is 0.0496. The number of hydrogen-bond acceptors (Lipinski definition) is 6. The van der Waals surface area contributed by atoms with Gasteiger partial charge in [0.1, 0.15) is 34.5 Å². The van der Waals surface area contributed by atoms with Gasteiger partial charge in [0, 0.05) is 46.9 Å². The van der Waals surface area contributed by atoms with E-state index in [-0.39, 0.29) is 46.3 Å². The molecular formula is C28H22O6. The molecule has 4 aromatic carbocycles. The van der Waals surface area contributed by atoms with E-state index in [2.05, 4.69) is 0 Å². The van der Waals surface area contributed by atoms with Crippen molar-refractivity contribution in [1.82, 2.24) is 0 Å². The summed E-state index contributed by atoms with van der Waals surface area (Å²) in [6.07, 6.45) is 0. The Morgan fingerprint density at radius 3 is 1.44 bits per heavy atom. The lowest BCUT2D eigenvalue weighted by atomic mass is 9.63. The minimum atomic E-state index is -0.397. The number of benzene rings is 4. The minimum Gasteiger partial charge on any atom is -0.508 e. The summed E-state index contributed by atoms with van der Waals surface area (Å²) in [7, 11) is 0. The number of rotatable bonds is 2. The predicted molar refractivity (Wildman–Crippen MR) is 125 cm³/mol. The summed E-state index contributed by atoms with van der Waals surface area (Å²) in [6.45, 7) is 0. The first kappa shape index (κ1) is 20.3. The van der Waals surface area contributed by atoms with E-state index in [1.54, 1.807) is 48.5 Å². The Labute approximate surface area is 195 Å². The molecule has 0 spiro atoms. The van der Waals surface area contributed by atoms with Crippen LogP contribution in [0.25, 0.3) is 0 Å². The van der Waals surface area contributed by atoms with Gasteiger partial charge in [-0.1, -0.05) is 24.3 Å². The van der Waals surface area contributed by atoms with Gasteiger partial charge in [0.25, 0.3) is 0 Å². The average molecular weight is 454 g/mol. The molecule has 34 heavy (non-hydrogen) atoms. The lowest BCUT2D eigenvalue weighted by Gasteiger charge is -2.40. The monoisotopic (exact) mass is 454 g/mol.